The molecule has 23 heavy (non-hydrogen) atoms. The molecule has 0 saturated heterocycles. The number of primary amides is 1. The van der Waals surface area contributed by atoms with E-state index in [-0.39, 0.29) is 0 Å². The van der Waals surface area contributed by atoms with Gasteiger partial charge in [0, 0.05) is 18.3 Å². The van der Waals surface area contributed by atoms with Crippen LogP contribution in [0, 0.1) is 5.92 Å². The van der Waals surface area contributed by atoms with E-state index in [1.54, 1.807) is 4.52 Å². The summed E-state index contributed by atoms with van der Waals surface area (Å²) in [5, 5.41) is 7.65. The van der Waals surface area contributed by atoms with Gasteiger partial charge in [0.1, 0.15) is 0 Å². The summed E-state index contributed by atoms with van der Waals surface area (Å²) in [5.41, 5.74) is 9.66. The lowest BCUT2D eigenvalue weighted by molar-refractivity contribution is 0.100. The van der Waals surface area contributed by atoms with Gasteiger partial charge >= 0.3 is 0 Å². The molecule has 0 aliphatic carbocycles. The van der Waals surface area contributed by atoms with Gasteiger partial charge in [-0.3, -0.25) is 4.79 Å². The zero-order valence-electron chi connectivity index (χ0n) is 13.3. The molecule has 0 unspecified atom stereocenters. The van der Waals surface area contributed by atoms with Gasteiger partial charge in [0.15, 0.2) is 0 Å². The van der Waals surface area contributed by atoms with Crippen LogP contribution in [0.25, 0.3) is 16.6 Å². The van der Waals surface area contributed by atoms with E-state index in [4.69, 9.17) is 5.73 Å². The topological polar surface area (TPSA) is 72.4 Å². The Morgan fingerprint density at radius 1 is 1.26 bits per heavy atom. The van der Waals surface area contributed by atoms with Crippen molar-refractivity contribution in [3.8, 4) is 11.1 Å². The summed E-state index contributed by atoms with van der Waals surface area (Å²) >= 11 is 0. The Hall–Kier alpha value is -2.82. The molecule has 0 saturated carbocycles. The number of anilines is 1. The van der Waals surface area contributed by atoms with Gasteiger partial charge in [-0.15, -0.1) is 0 Å². The average Bonchev–Trinajstić information content (AvgIpc) is 2.97. The van der Waals surface area contributed by atoms with Crippen LogP contribution in [-0.4, -0.2) is 22.1 Å². The summed E-state index contributed by atoms with van der Waals surface area (Å²) in [6.07, 6.45) is 3.47. The van der Waals surface area contributed by atoms with Gasteiger partial charge in [-0.2, -0.15) is 5.10 Å². The first-order valence-corrected chi connectivity index (χ1v) is 7.66. The van der Waals surface area contributed by atoms with E-state index < -0.39 is 5.91 Å². The molecule has 5 heteroatoms. The third-order valence-corrected chi connectivity index (χ3v) is 3.70. The van der Waals surface area contributed by atoms with Crippen LogP contribution in [0.3, 0.4) is 0 Å². The Kier molecular flexibility index (Phi) is 4.02. The van der Waals surface area contributed by atoms with E-state index in [1.165, 1.54) is 6.20 Å². The molecule has 0 atom stereocenters. The molecule has 1 amide bonds. The van der Waals surface area contributed by atoms with Crippen LogP contribution in [-0.2, 0) is 0 Å². The third-order valence-electron chi connectivity index (χ3n) is 3.70. The lowest BCUT2D eigenvalue weighted by Crippen LogP contribution is -2.18. The maximum atomic E-state index is 11.7. The summed E-state index contributed by atoms with van der Waals surface area (Å²) < 4.78 is 1.78. The first kappa shape index (κ1) is 15.1. The largest absolute Gasteiger partial charge is 0.382 e. The minimum Gasteiger partial charge on any atom is -0.382 e. The van der Waals surface area contributed by atoms with Gasteiger partial charge in [0.05, 0.1) is 23.0 Å². The Balaban J connectivity index is 2.13. The highest BCUT2D eigenvalue weighted by Gasteiger charge is 2.15. The molecule has 3 N–H and O–H groups in total. The molecule has 1 aromatic carbocycles. The molecule has 0 spiro atoms. The molecule has 3 aromatic rings. The molecule has 2 aromatic heterocycles. The first-order chi connectivity index (χ1) is 11.1. The summed E-state index contributed by atoms with van der Waals surface area (Å²) in [6, 6.07) is 12.1. The van der Waals surface area contributed by atoms with Crippen molar-refractivity contribution in [2.24, 2.45) is 11.7 Å². The highest BCUT2D eigenvalue weighted by molar-refractivity contribution is 6.02. The molecule has 0 fully saturated rings. The molecule has 2 heterocycles. The van der Waals surface area contributed by atoms with Gasteiger partial charge in [-0.1, -0.05) is 44.2 Å². The van der Waals surface area contributed by atoms with E-state index in [1.807, 2.05) is 42.6 Å². The fourth-order valence-corrected chi connectivity index (χ4v) is 2.52. The molecule has 0 radical (unpaired) electrons. The SMILES string of the molecule is CC(C)CNc1c(C(N)=O)cnn2cc(-c3ccccc3)cc12. The van der Waals surface area contributed by atoms with Crippen LogP contribution in [0.1, 0.15) is 24.2 Å². The smallest absolute Gasteiger partial charge is 0.252 e. The second-order valence-electron chi connectivity index (χ2n) is 6.00. The van der Waals surface area contributed by atoms with Gasteiger partial charge in [0.25, 0.3) is 5.91 Å². The van der Waals surface area contributed by atoms with Crippen molar-refractivity contribution in [1.29, 1.82) is 0 Å². The molecule has 118 valence electrons. The standard InChI is InChI=1S/C18H20N4O/c1-12(2)9-20-17-15(18(19)23)10-21-22-11-14(8-16(17)22)13-6-4-3-5-7-13/h3-8,10-12,20H,9H2,1-2H3,(H2,19,23). The predicted octanol–water partition coefficient (Wildman–Crippen LogP) is 3.17. The zero-order valence-corrected chi connectivity index (χ0v) is 13.3. The van der Waals surface area contributed by atoms with Crippen molar-refractivity contribution in [2.45, 2.75) is 13.8 Å². The number of hydrogen-bond donors (Lipinski definition) is 2. The second kappa shape index (κ2) is 6.12. The summed E-state index contributed by atoms with van der Waals surface area (Å²) in [6.45, 7) is 4.98. The lowest BCUT2D eigenvalue weighted by atomic mass is 10.1. The summed E-state index contributed by atoms with van der Waals surface area (Å²) in [4.78, 5) is 11.7. The van der Waals surface area contributed by atoms with Crippen molar-refractivity contribution in [3.05, 3.63) is 54.4 Å². The normalized spacial score (nSPS) is 11.1. The highest BCUT2D eigenvalue weighted by atomic mass is 16.1. The molecule has 5 nitrogen and oxygen atoms in total. The van der Waals surface area contributed by atoms with Crippen molar-refractivity contribution in [2.75, 3.05) is 11.9 Å². The van der Waals surface area contributed by atoms with E-state index >= 15 is 0 Å². The number of carbonyl (C=O) groups excluding carboxylic acids is 1. The quantitative estimate of drug-likeness (QED) is 0.760. The number of nitrogens with one attached hydrogen (secondary N) is 1. The van der Waals surface area contributed by atoms with Gasteiger partial charge in [-0.05, 0) is 17.5 Å². The number of carbonyl (C=O) groups is 1. The van der Waals surface area contributed by atoms with Crippen LogP contribution in [0.5, 0.6) is 0 Å². The molecule has 0 bridgehead atoms. The minimum atomic E-state index is -0.478. The number of amides is 1. The number of fused-ring (bicyclic) bond motifs is 1. The summed E-state index contributed by atoms with van der Waals surface area (Å²) in [5.74, 6) is -0.0267. The average molecular weight is 308 g/mol. The number of rotatable bonds is 5. The Labute approximate surface area is 135 Å². The number of hydrogen-bond acceptors (Lipinski definition) is 3. The predicted molar refractivity (Wildman–Crippen MR) is 92.5 cm³/mol. The van der Waals surface area contributed by atoms with Gasteiger partial charge < -0.3 is 11.1 Å². The number of nitrogens with zero attached hydrogens (tertiary/aromatic N) is 2. The van der Waals surface area contributed by atoms with Crippen LogP contribution >= 0.6 is 0 Å². The van der Waals surface area contributed by atoms with E-state index in [9.17, 15) is 4.79 Å². The molecular formula is C18H20N4O. The Morgan fingerprint density at radius 3 is 2.65 bits per heavy atom. The summed E-state index contributed by atoms with van der Waals surface area (Å²) in [7, 11) is 0. The molecule has 0 aliphatic rings. The fraction of sp³-hybridized carbons (Fsp3) is 0.222. The fourth-order valence-electron chi connectivity index (χ4n) is 2.52. The van der Waals surface area contributed by atoms with Crippen molar-refractivity contribution >= 4 is 17.1 Å². The molecular weight excluding hydrogens is 288 g/mol. The zero-order chi connectivity index (χ0) is 16.4. The van der Waals surface area contributed by atoms with Crippen molar-refractivity contribution in [3.63, 3.8) is 0 Å². The number of aromatic nitrogens is 2. The Bertz CT molecular complexity index is 837. The maximum Gasteiger partial charge on any atom is 0.252 e. The van der Waals surface area contributed by atoms with Gasteiger partial charge in [-0.25, -0.2) is 4.52 Å². The first-order valence-electron chi connectivity index (χ1n) is 7.66. The van der Waals surface area contributed by atoms with E-state index in [0.29, 0.717) is 11.5 Å². The van der Waals surface area contributed by atoms with E-state index in [2.05, 4.69) is 24.3 Å². The maximum absolute atomic E-state index is 11.7. The van der Waals surface area contributed by atoms with Crippen LogP contribution in [0.15, 0.2) is 48.8 Å². The monoisotopic (exact) mass is 308 g/mol. The molecule has 0 aliphatic heterocycles. The van der Waals surface area contributed by atoms with Gasteiger partial charge in [0.2, 0.25) is 0 Å². The number of benzene rings is 1. The minimum absolute atomic E-state index is 0.413. The van der Waals surface area contributed by atoms with Crippen molar-refractivity contribution < 1.29 is 4.79 Å². The highest BCUT2D eigenvalue weighted by Crippen LogP contribution is 2.28. The van der Waals surface area contributed by atoms with E-state index in [0.717, 1.165) is 28.9 Å². The molecule has 3 rings (SSSR count). The number of nitrogens with two attached hydrogens (primary N) is 1. The Morgan fingerprint density at radius 2 is 2.00 bits per heavy atom. The second-order valence-corrected chi connectivity index (χ2v) is 6.00. The van der Waals surface area contributed by atoms with Crippen molar-refractivity contribution in [1.82, 2.24) is 9.61 Å². The van der Waals surface area contributed by atoms with Crippen LogP contribution < -0.4 is 11.1 Å². The lowest BCUT2D eigenvalue weighted by Gasteiger charge is -2.13. The van der Waals surface area contributed by atoms with Crippen LogP contribution in [0.4, 0.5) is 5.69 Å². The third kappa shape index (κ3) is 3.04. The van der Waals surface area contributed by atoms with Crippen LogP contribution in [0.2, 0.25) is 0 Å².